The van der Waals surface area contributed by atoms with Gasteiger partial charge in [-0.2, -0.15) is 0 Å². The summed E-state index contributed by atoms with van der Waals surface area (Å²) in [5.74, 6) is 0.311. The number of benzene rings is 1. The highest BCUT2D eigenvalue weighted by molar-refractivity contribution is 5.78. The molecule has 2 fully saturated rings. The number of ether oxygens (including phenoxy) is 1. The van der Waals surface area contributed by atoms with Crippen LogP contribution >= 0.6 is 0 Å². The number of hydrogen-bond acceptors (Lipinski definition) is 3. The zero-order valence-electron chi connectivity index (χ0n) is 13.6. The normalized spacial score (nSPS) is 25.6. The smallest absolute Gasteiger partial charge is 0.222 e. The lowest BCUT2D eigenvalue weighted by Gasteiger charge is -2.46. The molecule has 3 rings (SSSR count). The number of likely N-dealkylation sites (tertiary alicyclic amines) is 1. The van der Waals surface area contributed by atoms with Crippen LogP contribution in [0.4, 0.5) is 0 Å². The molecule has 2 saturated heterocycles. The second-order valence-electron chi connectivity index (χ2n) is 6.95. The highest BCUT2D eigenvalue weighted by Crippen LogP contribution is 2.30. The molecule has 1 aromatic rings. The second kappa shape index (κ2) is 6.39. The number of carbonyl (C=O) groups excluding carboxylic acids is 1. The van der Waals surface area contributed by atoms with E-state index in [0.29, 0.717) is 5.91 Å². The van der Waals surface area contributed by atoms with Crippen LogP contribution in [-0.4, -0.2) is 54.0 Å². The van der Waals surface area contributed by atoms with Crippen molar-refractivity contribution in [1.29, 1.82) is 0 Å². The average molecular weight is 302 g/mol. The first-order chi connectivity index (χ1) is 10.6. The van der Waals surface area contributed by atoms with Gasteiger partial charge < -0.3 is 9.64 Å². The summed E-state index contributed by atoms with van der Waals surface area (Å²) in [5, 5.41) is 0. The number of rotatable bonds is 4. The largest absolute Gasteiger partial charge is 0.370 e. The first kappa shape index (κ1) is 15.5. The number of carbonyl (C=O) groups is 1. The van der Waals surface area contributed by atoms with Crippen molar-refractivity contribution in [1.82, 2.24) is 9.80 Å². The van der Waals surface area contributed by atoms with Gasteiger partial charge in [-0.05, 0) is 25.8 Å². The fourth-order valence-electron chi connectivity index (χ4n) is 3.34. The van der Waals surface area contributed by atoms with Crippen LogP contribution in [0.1, 0.15) is 38.4 Å². The van der Waals surface area contributed by atoms with Crippen LogP contribution in [0.3, 0.4) is 0 Å². The van der Waals surface area contributed by atoms with E-state index in [1.165, 1.54) is 5.56 Å². The van der Waals surface area contributed by atoms with Crippen LogP contribution in [0, 0.1) is 0 Å². The zero-order chi connectivity index (χ0) is 15.6. The molecule has 0 aromatic heterocycles. The number of nitrogens with zero attached hydrogens (tertiary/aromatic N) is 2. The minimum absolute atomic E-state index is 0.0219. The molecule has 0 bridgehead atoms. The van der Waals surface area contributed by atoms with E-state index >= 15 is 0 Å². The summed E-state index contributed by atoms with van der Waals surface area (Å²) in [6, 6.07) is 10.4. The first-order valence-corrected chi connectivity index (χ1v) is 8.26. The van der Waals surface area contributed by atoms with Crippen LogP contribution < -0.4 is 0 Å². The van der Waals surface area contributed by atoms with E-state index in [0.717, 1.165) is 45.6 Å². The van der Waals surface area contributed by atoms with E-state index in [-0.39, 0.29) is 11.6 Å². The fraction of sp³-hybridized carbons (Fsp3) is 0.611. The van der Waals surface area contributed by atoms with Crippen molar-refractivity contribution in [3.05, 3.63) is 35.9 Å². The Hall–Kier alpha value is -1.39. The molecule has 1 aromatic carbocycles. The van der Waals surface area contributed by atoms with Gasteiger partial charge in [0.2, 0.25) is 5.91 Å². The Morgan fingerprint density at radius 3 is 2.68 bits per heavy atom. The van der Waals surface area contributed by atoms with Crippen molar-refractivity contribution in [3.63, 3.8) is 0 Å². The van der Waals surface area contributed by atoms with Gasteiger partial charge in [0.1, 0.15) is 0 Å². The lowest BCUT2D eigenvalue weighted by atomic mass is 9.98. The molecular weight excluding hydrogens is 276 g/mol. The minimum Gasteiger partial charge on any atom is -0.370 e. The summed E-state index contributed by atoms with van der Waals surface area (Å²) in [6.45, 7) is 8.74. The maximum absolute atomic E-state index is 11.8. The van der Waals surface area contributed by atoms with Crippen LogP contribution in [0.5, 0.6) is 0 Å². The van der Waals surface area contributed by atoms with Crippen molar-refractivity contribution in [3.8, 4) is 0 Å². The van der Waals surface area contributed by atoms with Gasteiger partial charge in [-0.1, -0.05) is 30.3 Å². The van der Waals surface area contributed by atoms with E-state index < -0.39 is 0 Å². The molecule has 0 saturated carbocycles. The van der Waals surface area contributed by atoms with Gasteiger partial charge in [0.25, 0.3) is 0 Å². The summed E-state index contributed by atoms with van der Waals surface area (Å²) in [7, 11) is 0. The van der Waals surface area contributed by atoms with Crippen LogP contribution in [0.15, 0.2) is 30.3 Å². The van der Waals surface area contributed by atoms with Gasteiger partial charge in [0.15, 0.2) is 0 Å². The van der Waals surface area contributed by atoms with Crippen LogP contribution in [0.2, 0.25) is 0 Å². The molecule has 1 atom stereocenters. The standard InChI is InChI=1S/C18H26N2O2/c1-18(2)14-22-16(15-7-4-3-5-8-15)13-20(18)12-11-19-10-6-9-17(19)21/h3-5,7-8,16H,6,9-14H2,1-2H3/t16-/m0/s1. The van der Waals surface area contributed by atoms with E-state index in [1.807, 2.05) is 11.0 Å². The molecule has 22 heavy (non-hydrogen) atoms. The molecule has 2 heterocycles. The highest BCUT2D eigenvalue weighted by atomic mass is 16.5. The molecule has 1 amide bonds. The molecule has 4 heteroatoms. The Balaban J connectivity index is 1.63. The van der Waals surface area contributed by atoms with E-state index in [1.54, 1.807) is 0 Å². The zero-order valence-corrected chi connectivity index (χ0v) is 13.6. The van der Waals surface area contributed by atoms with E-state index in [4.69, 9.17) is 4.74 Å². The molecule has 0 N–H and O–H groups in total. The third-order valence-electron chi connectivity index (χ3n) is 4.86. The van der Waals surface area contributed by atoms with Crippen molar-refractivity contribution in [2.45, 2.75) is 38.3 Å². The van der Waals surface area contributed by atoms with E-state index in [9.17, 15) is 4.79 Å². The van der Waals surface area contributed by atoms with Gasteiger partial charge in [0.05, 0.1) is 12.7 Å². The van der Waals surface area contributed by atoms with Gasteiger partial charge in [-0.15, -0.1) is 0 Å². The van der Waals surface area contributed by atoms with Crippen molar-refractivity contribution in [2.75, 3.05) is 32.8 Å². The lowest BCUT2D eigenvalue weighted by Crippen LogP contribution is -2.55. The molecule has 0 unspecified atom stereocenters. The molecule has 0 aliphatic carbocycles. The SMILES string of the molecule is CC1(C)CO[C@H](c2ccccc2)CN1CCN1CCCC1=O. The van der Waals surface area contributed by atoms with Crippen LogP contribution in [0.25, 0.3) is 0 Å². The average Bonchev–Trinajstić information content (AvgIpc) is 2.92. The predicted molar refractivity (Wildman–Crippen MR) is 86.6 cm³/mol. The fourth-order valence-corrected chi connectivity index (χ4v) is 3.34. The summed E-state index contributed by atoms with van der Waals surface area (Å²) in [6.07, 6.45) is 1.86. The Labute approximate surface area is 133 Å². The summed E-state index contributed by atoms with van der Waals surface area (Å²) < 4.78 is 6.08. The predicted octanol–water partition coefficient (Wildman–Crippen LogP) is 2.46. The Morgan fingerprint density at radius 1 is 1.23 bits per heavy atom. The van der Waals surface area contributed by atoms with Crippen LogP contribution in [-0.2, 0) is 9.53 Å². The summed E-state index contributed by atoms with van der Waals surface area (Å²) >= 11 is 0. The first-order valence-electron chi connectivity index (χ1n) is 8.26. The van der Waals surface area contributed by atoms with Gasteiger partial charge in [0, 0.05) is 38.1 Å². The Morgan fingerprint density at radius 2 is 2.00 bits per heavy atom. The molecule has 4 nitrogen and oxygen atoms in total. The Kier molecular flexibility index (Phi) is 4.50. The molecule has 0 spiro atoms. The van der Waals surface area contributed by atoms with Gasteiger partial charge >= 0.3 is 0 Å². The number of hydrogen-bond donors (Lipinski definition) is 0. The summed E-state index contributed by atoms with van der Waals surface area (Å²) in [4.78, 5) is 16.3. The number of morpholine rings is 1. The second-order valence-corrected chi connectivity index (χ2v) is 6.95. The van der Waals surface area contributed by atoms with Crippen molar-refractivity contribution < 1.29 is 9.53 Å². The maximum Gasteiger partial charge on any atom is 0.222 e. The Bertz CT molecular complexity index is 515. The van der Waals surface area contributed by atoms with E-state index in [2.05, 4.69) is 43.0 Å². The number of amides is 1. The molecule has 120 valence electrons. The van der Waals surface area contributed by atoms with Gasteiger partial charge in [-0.25, -0.2) is 0 Å². The maximum atomic E-state index is 11.8. The monoisotopic (exact) mass is 302 g/mol. The molecular formula is C18H26N2O2. The summed E-state index contributed by atoms with van der Waals surface area (Å²) in [5.41, 5.74) is 1.26. The third-order valence-corrected chi connectivity index (χ3v) is 4.86. The topological polar surface area (TPSA) is 32.8 Å². The van der Waals surface area contributed by atoms with Crippen molar-refractivity contribution in [2.24, 2.45) is 0 Å². The highest BCUT2D eigenvalue weighted by Gasteiger charge is 2.35. The quantitative estimate of drug-likeness (QED) is 0.856. The van der Waals surface area contributed by atoms with Gasteiger partial charge in [-0.3, -0.25) is 9.69 Å². The van der Waals surface area contributed by atoms with Crippen molar-refractivity contribution >= 4 is 5.91 Å². The molecule has 0 radical (unpaired) electrons. The molecule has 2 aliphatic heterocycles. The molecule has 2 aliphatic rings. The lowest BCUT2D eigenvalue weighted by molar-refractivity contribution is -0.129. The minimum atomic E-state index is 0.0219. The third kappa shape index (κ3) is 3.33.